The van der Waals surface area contributed by atoms with E-state index in [0.29, 0.717) is 6.54 Å². The van der Waals surface area contributed by atoms with Crippen LogP contribution in [0.2, 0.25) is 0 Å². The van der Waals surface area contributed by atoms with Gasteiger partial charge in [0.15, 0.2) is 11.9 Å². The van der Waals surface area contributed by atoms with E-state index in [1.807, 2.05) is 60.2 Å². The van der Waals surface area contributed by atoms with Crippen molar-refractivity contribution in [2.75, 3.05) is 0 Å². The predicted molar refractivity (Wildman–Crippen MR) is 69.8 cm³/mol. The van der Waals surface area contributed by atoms with Crippen LogP contribution in [0.15, 0.2) is 53.1 Å². The van der Waals surface area contributed by atoms with Gasteiger partial charge in [0.05, 0.1) is 0 Å². The van der Waals surface area contributed by atoms with Crippen molar-refractivity contribution >= 4 is 21.7 Å². The molecule has 0 bridgehead atoms. The van der Waals surface area contributed by atoms with Crippen molar-refractivity contribution in [1.29, 1.82) is 0 Å². The van der Waals surface area contributed by atoms with Crippen LogP contribution in [0, 0.1) is 6.92 Å². The lowest BCUT2D eigenvalue weighted by Crippen LogP contribution is -3.00. The monoisotopic (exact) mass is 369 g/mol. The zero-order valence-electron chi connectivity index (χ0n) is 9.94. The van der Waals surface area contributed by atoms with Crippen molar-refractivity contribution in [1.82, 2.24) is 0 Å². The van der Waals surface area contributed by atoms with E-state index in [-0.39, 0.29) is 22.8 Å². The van der Waals surface area contributed by atoms with Gasteiger partial charge in [-0.3, -0.25) is 4.79 Å². The highest BCUT2D eigenvalue weighted by Gasteiger charge is 2.13. The van der Waals surface area contributed by atoms with Gasteiger partial charge in [0.25, 0.3) is 0 Å². The second kappa shape index (κ2) is 6.81. The summed E-state index contributed by atoms with van der Waals surface area (Å²) in [6.07, 6.45) is 1.92. The molecule has 0 unspecified atom stereocenters. The number of benzene rings is 1. The molecule has 1 aromatic heterocycles. The molecule has 0 amide bonds. The Morgan fingerprint density at radius 3 is 2.67 bits per heavy atom. The molecule has 1 heterocycles. The molecule has 0 spiro atoms. The maximum absolute atomic E-state index is 12.1. The number of hydrogen-bond donors (Lipinski definition) is 0. The Hall–Kier alpha value is -1.000. The summed E-state index contributed by atoms with van der Waals surface area (Å²) >= 11 is 3.37. The van der Waals surface area contributed by atoms with Crippen LogP contribution in [-0.2, 0) is 6.54 Å². The fourth-order valence-corrected chi connectivity index (χ4v) is 2.05. The summed E-state index contributed by atoms with van der Waals surface area (Å²) in [7, 11) is 0. The van der Waals surface area contributed by atoms with E-state index in [9.17, 15) is 4.79 Å². The van der Waals surface area contributed by atoms with E-state index < -0.39 is 0 Å². The van der Waals surface area contributed by atoms with Crippen LogP contribution in [-0.4, -0.2) is 5.78 Å². The van der Waals surface area contributed by atoms with Crippen LogP contribution >= 0.6 is 15.9 Å². The van der Waals surface area contributed by atoms with Gasteiger partial charge < -0.3 is 17.0 Å². The van der Waals surface area contributed by atoms with Gasteiger partial charge in [-0.1, -0.05) is 34.1 Å². The van der Waals surface area contributed by atoms with Gasteiger partial charge in [-0.2, -0.15) is 4.57 Å². The number of aryl methyl sites for hydroxylation is 1. The topological polar surface area (TPSA) is 20.9 Å². The lowest BCUT2D eigenvalue weighted by molar-refractivity contribution is -0.689. The number of halogens is 2. The Kier molecular flexibility index (Phi) is 5.69. The van der Waals surface area contributed by atoms with Crippen molar-refractivity contribution in [2.45, 2.75) is 13.5 Å². The molecule has 0 radical (unpaired) electrons. The number of rotatable bonds is 3. The van der Waals surface area contributed by atoms with E-state index in [0.717, 1.165) is 15.7 Å². The first-order valence-corrected chi connectivity index (χ1v) is 6.20. The predicted octanol–water partition coefficient (Wildman–Crippen LogP) is -0.0681. The molecule has 2 aromatic rings. The van der Waals surface area contributed by atoms with Gasteiger partial charge in [0, 0.05) is 29.1 Å². The minimum absolute atomic E-state index is 0. The van der Waals surface area contributed by atoms with Crippen LogP contribution in [0.1, 0.15) is 16.1 Å². The quantitative estimate of drug-likeness (QED) is 0.547. The molecule has 1 aromatic carbocycles. The van der Waals surface area contributed by atoms with E-state index >= 15 is 0 Å². The van der Waals surface area contributed by atoms with Crippen molar-refractivity contribution in [2.24, 2.45) is 0 Å². The summed E-state index contributed by atoms with van der Waals surface area (Å²) in [5, 5.41) is 0. The molecule has 0 aliphatic heterocycles. The third-order valence-electron chi connectivity index (χ3n) is 2.63. The van der Waals surface area contributed by atoms with Crippen molar-refractivity contribution in [3.63, 3.8) is 0 Å². The third kappa shape index (κ3) is 3.75. The Morgan fingerprint density at radius 2 is 2.00 bits per heavy atom. The minimum Gasteiger partial charge on any atom is -1.00 e. The highest BCUT2D eigenvalue weighted by Crippen LogP contribution is 2.12. The Labute approximate surface area is 126 Å². The first kappa shape index (κ1) is 15.1. The zero-order valence-corrected chi connectivity index (χ0v) is 13.1. The molecule has 4 heteroatoms. The average Bonchev–Trinajstić information content (AvgIpc) is 2.32. The maximum atomic E-state index is 12.1. The minimum atomic E-state index is 0. The molecule has 0 N–H and O–H groups in total. The average molecular weight is 371 g/mol. The van der Waals surface area contributed by atoms with Gasteiger partial charge >= 0.3 is 0 Å². The number of aromatic nitrogens is 1. The summed E-state index contributed by atoms with van der Waals surface area (Å²) in [4.78, 5) is 12.1. The van der Waals surface area contributed by atoms with Crippen LogP contribution in [0.4, 0.5) is 0 Å². The molecular weight excluding hydrogens is 358 g/mol. The van der Waals surface area contributed by atoms with E-state index in [4.69, 9.17) is 0 Å². The van der Waals surface area contributed by atoms with Gasteiger partial charge in [0.1, 0.15) is 0 Å². The largest absolute Gasteiger partial charge is 1.00 e. The lowest BCUT2D eigenvalue weighted by atomic mass is 10.1. The number of Topliss-reactive ketones (excluding diaryl/α,β-unsaturated/α-hetero) is 1. The standard InChI is InChI=1S/C14H13BrNO.BrH/c1-11-5-2-3-8-16(11)10-14(17)12-6-4-7-13(15)9-12;/h2-9H,10H2,1H3;1H/q+1;/p-1. The fraction of sp³-hybridized carbons (Fsp3) is 0.143. The summed E-state index contributed by atoms with van der Waals surface area (Å²) in [6, 6.07) is 13.4. The Balaban J connectivity index is 0.00000162. The second-order valence-electron chi connectivity index (χ2n) is 3.90. The van der Waals surface area contributed by atoms with Crippen LogP contribution in [0.25, 0.3) is 0 Å². The number of carbonyl (C=O) groups is 1. The summed E-state index contributed by atoms with van der Waals surface area (Å²) in [5.74, 6) is 0.116. The second-order valence-corrected chi connectivity index (χ2v) is 4.82. The fourth-order valence-electron chi connectivity index (χ4n) is 1.65. The molecule has 0 atom stereocenters. The first-order valence-electron chi connectivity index (χ1n) is 5.40. The smallest absolute Gasteiger partial charge is 0.227 e. The summed E-state index contributed by atoms with van der Waals surface area (Å²) in [6.45, 7) is 2.37. The number of nitrogens with zero attached hydrogens (tertiary/aromatic N) is 1. The molecule has 0 aliphatic rings. The summed E-state index contributed by atoms with van der Waals surface area (Å²) in [5.41, 5.74) is 1.81. The molecule has 0 saturated carbocycles. The van der Waals surface area contributed by atoms with Crippen LogP contribution < -0.4 is 21.5 Å². The van der Waals surface area contributed by atoms with E-state index in [2.05, 4.69) is 15.9 Å². The van der Waals surface area contributed by atoms with Crippen LogP contribution in [0.3, 0.4) is 0 Å². The number of pyridine rings is 1. The molecule has 0 fully saturated rings. The molecule has 0 saturated heterocycles. The molecule has 2 nitrogen and oxygen atoms in total. The number of ketones is 1. The van der Waals surface area contributed by atoms with Crippen molar-refractivity contribution in [3.8, 4) is 0 Å². The Bertz CT molecular complexity index is 555. The van der Waals surface area contributed by atoms with Crippen molar-refractivity contribution < 1.29 is 26.3 Å². The highest BCUT2D eigenvalue weighted by atomic mass is 79.9. The molecule has 0 aliphatic carbocycles. The summed E-state index contributed by atoms with van der Waals surface area (Å²) < 4.78 is 2.88. The van der Waals surface area contributed by atoms with Gasteiger partial charge in [0.2, 0.25) is 12.3 Å². The molecule has 18 heavy (non-hydrogen) atoms. The SMILES string of the molecule is Cc1cccc[n+]1CC(=O)c1cccc(Br)c1.[Br-]. The number of carbonyl (C=O) groups excluding carboxylic acids is 1. The maximum Gasteiger partial charge on any atom is 0.227 e. The molecule has 2 rings (SSSR count). The molecule has 94 valence electrons. The van der Waals surface area contributed by atoms with Gasteiger partial charge in [-0.25, -0.2) is 0 Å². The third-order valence-corrected chi connectivity index (χ3v) is 3.12. The lowest BCUT2D eigenvalue weighted by Gasteiger charge is -2.01. The van der Waals surface area contributed by atoms with Gasteiger partial charge in [-0.15, -0.1) is 0 Å². The normalized spacial score (nSPS) is 9.67. The zero-order chi connectivity index (χ0) is 12.3. The van der Waals surface area contributed by atoms with Crippen molar-refractivity contribution in [3.05, 3.63) is 64.4 Å². The Morgan fingerprint density at radius 1 is 1.22 bits per heavy atom. The highest BCUT2D eigenvalue weighted by molar-refractivity contribution is 9.10. The number of hydrogen-bond acceptors (Lipinski definition) is 1. The van der Waals surface area contributed by atoms with E-state index in [1.165, 1.54) is 0 Å². The van der Waals surface area contributed by atoms with E-state index in [1.54, 1.807) is 0 Å². The first-order chi connectivity index (χ1) is 8.16. The van der Waals surface area contributed by atoms with Crippen LogP contribution in [0.5, 0.6) is 0 Å². The molecular formula is C14H13Br2NO. The van der Waals surface area contributed by atoms with Gasteiger partial charge in [-0.05, 0) is 12.1 Å².